The van der Waals surface area contributed by atoms with Gasteiger partial charge in [-0.25, -0.2) is 0 Å². The molecule has 2 atom stereocenters. The number of carbonyl (C=O) groups is 1. The number of amides is 1. The molecule has 0 unspecified atom stereocenters. The first kappa shape index (κ1) is 21.1. The van der Waals surface area contributed by atoms with Crippen LogP contribution in [0.4, 0.5) is 0 Å². The third-order valence-corrected chi connectivity index (χ3v) is 6.17. The lowest BCUT2D eigenvalue weighted by molar-refractivity contribution is -0.137. The molecule has 0 aliphatic carbocycles. The van der Waals surface area contributed by atoms with Crippen molar-refractivity contribution in [3.63, 3.8) is 0 Å². The van der Waals surface area contributed by atoms with Gasteiger partial charge in [0.2, 0.25) is 0 Å². The SMILES string of the molecule is Cc1ccccc1-c1c[nH]c(=O)c2cc(O[C@H](C)C(=O)N3CC[C@H](N(C)C)C3)ccc12. The molecule has 1 saturated heterocycles. The summed E-state index contributed by atoms with van der Waals surface area (Å²) < 4.78 is 5.96. The van der Waals surface area contributed by atoms with E-state index in [1.165, 1.54) is 0 Å². The van der Waals surface area contributed by atoms with Gasteiger partial charge in [-0.3, -0.25) is 9.59 Å². The number of H-pyrrole nitrogens is 1. The lowest BCUT2D eigenvalue weighted by Crippen LogP contribution is -2.41. The number of rotatable bonds is 5. The fourth-order valence-electron chi connectivity index (χ4n) is 4.29. The van der Waals surface area contributed by atoms with Crippen LogP contribution in [-0.4, -0.2) is 60.0 Å². The summed E-state index contributed by atoms with van der Waals surface area (Å²) in [5, 5.41) is 1.41. The van der Waals surface area contributed by atoms with Gasteiger partial charge in [-0.05, 0) is 69.1 Å². The van der Waals surface area contributed by atoms with E-state index in [1.54, 1.807) is 19.2 Å². The van der Waals surface area contributed by atoms with Crippen molar-refractivity contribution >= 4 is 16.7 Å². The van der Waals surface area contributed by atoms with Crippen LogP contribution in [-0.2, 0) is 4.79 Å². The number of ether oxygens (including phenoxy) is 1. The van der Waals surface area contributed by atoms with Gasteiger partial charge in [-0.2, -0.15) is 0 Å². The summed E-state index contributed by atoms with van der Waals surface area (Å²) >= 11 is 0. The number of hydrogen-bond acceptors (Lipinski definition) is 4. The van der Waals surface area contributed by atoms with Crippen molar-refractivity contribution in [3.8, 4) is 16.9 Å². The zero-order chi connectivity index (χ0) is 22.1. The maximum absolute atomic E-state index is 12.8. The Hall–Kier alpha value is -3.12. The highest BCUT2D eigenvalue weighted by atomic mass is 16.5. The summed E-state index contributed by atoms with van der Waals surface area (Å²) in [5.41, 5.74) is 3.00. The number of aryl methyl sites for hydroxylation is 1. The number of carbonyl (C=O) groups excluding carboxylic acids is 1. The average molecular weight is 420 g/mol. The minimum Gasteiger partial charge on any atom is -0.481 e. The zero-order valence-corrected chi connectivity index (χ0v) is 18.5. The standard InChI is InChI=1S/C25H29N3O3/c1-16-7-5-6-8-20(16)23-14-26-24(29)22-13-19(9-10-21(22)23)31-17(2)25(30)28-12-11-18(15-28)27(3)4/h5-10,13-14,17-18H,11-12,15H2,1-4H3,(H,26,29)/t17-,18+/m1/s1. The van der Waals surface area contributed by atoms with Crippen molar-refractivity contribution < 1.29 is 9.53 Å². The molecule has 4 rings (SSSR count). The maximum atomic E-state index is 12.8. The Morgan fingerprint density at radius 2 is 1.94 bits per heavy atom. The van der Waals surface area contributed by atoms with E-state index in [1.807, 2.05) is 49.3 Å². The maximum Gasteiger partial charge on any atom is 0.263 e. The molecule has 0 spiro atoms. The third-order valence-electron chi connectivity index (χ3n) is 6.17. The monoisotopic (exact) mass is 419 g/mol. The van der Waals surface area contributed by atoms with E-state index in [9.17, 15) is 9.59 Å². The molecular formula is C25H29N3O3. The van der Waals surface area contributed by atoms with Gasteiger partial charge in [0.1, 0.15) is 5.75 Å². The van der Waals surface area contributed by atoms with Crippen molar-refractivity contribution in [3.05, 3.63) is 64.6 Å². The number of nitrogens with one attached hydrogen (secondary N) is 1. The first-order valence-electron chi connectivity index (χ1n) is 10.7. The van der Waals surface area contributed by atoms with Crippen molar-refractivity contribution in [1.29, 1.82) is 0 Å². The Labute approximate surface area is 182 Å². The number of likely N-dealkylation sites (N-methyl/N-ethyl adjacent to an activating group) is 1. The topological polar surface area (TPSA) is 65.6 Å². The number of aromatic nitrogens is 1. The summed E-state index contributed by atoms with van der Waals surface area (Å²) in [6.45, 7) is 5.28. The van der Waals surface area contributed by atoms with Gasteiger partial charge in [0.05, 0.1) is 5.39 Å². The summed E-state index contributed by atoms with van der Waals surface area (Å²) in [7, 11) is 4.08. The number of pyridine rings is 1. The van der Waals surface area contributed by atoms with Crippen LogP contribution in [0.2, 0.25) is 0 Å². The summed E-state index contributed by atoms with van der Waals surface area (Å²) in [6, 6.07) is 13.9. The smallest absolute Gasteiger partial charge is 0.263 e. The van der Waals surface area contributed by atoms with Crippen molar-refractivity contribution in [1.82, 2.24) is 14.8 Å². The molecule has 162 valence electrons. The van der Waals surface area contributed by atoms with Gasteiger partial charge < -0.3 is 19.5 Å². The summed E-state index contributed by atoms with van der Waals surface area (Å²) in [6.07, 6.45) is 2.11. The molecule has 1 aliphatic rings. The highest BCUT2D eigenvalue weighted by Crippen LogP contribution is 2.30. The number of fused-ring (bicyclic) bond motifs is 1. The van der Waals surface area contributed by atoms with E-state index >= 15 is 0 Å². The molecule has 6 heteroatoms. The fourth-order valence-corrected chi connectivity index (χ4v) is 4.29. The predicted molar refractivity (Wildman–Crippen MR) is 124 cm³/mol. The number of nitrogens with zero attached hydrogens (tertiary/aromatic N) is 2. The van der Waals surface area contributed by atoms with Gasteiger partial charge in [-0.15, -0.1) is 0 Å². The Kier molecular flexibility index (Phi) is 5.83. The molecule has 1 fully saturated rings. The normalized spacial score (nSPS) is 17.3. The average Bonchev–Trinajstić information content (AvgIpc) is 3.25. The molecular weight excluding hydrogens is 390 g/mol. The molecule has 0 bridgehead atoms. The van der Waals surface area contributed by atoms with E-state index < -0.39 is 6.10 Å². The quantitative estimate of drug-likeness (QED) is 0.688. The Morgan fingerprint density at radius 3 is 2.65 bits per heavy atom. The highest BCUT2D eigenvalue weighted by Gasteiger charge is 2.30. The van der Waals surface area contributed by atoms with Crippen LogP contribution < -0.4 is 10.3 Å². The van der Waals surface area contributed by atoms with Crippen LogP contribution in [0.15, 0.2) is 53.5 Å². The Bertz CT molecular complexity index is 1170. The van der Waals surface area contributed by atoms with E-state index in [4.69, 9.17) is 4.74 Å². The second-order valence-electron chi connectivity index (χ2n) is 8.50. The van der Waals surface area contributed by atoms with Crippen molar-refractivity contribution in [2.75, 3.05) is 27.2 Å². The van der Waals surface area contributed by atoms with Gasteiger partial charge in [0.15, 0.2) is 6.10 Å². The minimum absolute atomic E-state index is 0.0213. The number of hydrogen-bond donors (Lipinski definition) is 1. The summed E-state index contributed by atoms with van der Waals surface area (Å²) in [4.78, 5) is 32.2. The first-order valence-corrected chi connectivity index (χ1v) is 10.7. The Morgan fingerprint density at radius 1 is 1.16 bits per heavy atom. The molecule has 1 N–H and O–H groups in total. The number of benzene rings is 2. The third kappa shape index (κ3) is 4.21. The van der Waals surface area contributed by atoms with Crippen LogP contribution in [0.1, 0.15) is 18.9 Å². The number of aromatic amines is 1. The second-order valence-corrected chi connectivity index (χ2v) is 8.50. The molecule has 31 heavy (non-hydrogen) atoms. The van der Waals surface area contributed by atoms with Gasteiger partial charge in [-0.1, -0.05) is 24.3 Å². The van der Waals surface area contributed by atoms with Crippen LogP contribution in [0.25, 0.3) is 21.9 Å². The van der Waals surface area contributed by atoms with E-state index in [0.717, 1.165) is 41.6 Å². The molecule has 1 aliphatic heterocycles. The van der Waals surface area contributed by atoms with Gasteiger partial charge in [0.25, 0.3) is 11.5 Å². The van der Waals surface area contributed by atoms with Gasteiger partial charge >= 0.3 is 0 Å². The second kappa shape index (κ2) is 8.55. The molecule has 1 aromatic heterocycles. The van der Waals surface area contributed by atoms with E-state index in [0.29, 0.717) is 17.2 Å². The van der Waals surface area contributed by atoms with Crippen LogP contribution in [0.5, 0.6) is 5.75 Å². The van der Waals surface area contributed by atoms with Gasteiger partial charge in [0, 0.05) is 30.9 Å². The van der Waals surface area contributed by atoms with E-state index in [-0.39, 0.29) is 11.5 Å². The van der Waals surface area contributed by atoms with Crippen molar-refractivity contribution in [2.45, 2.75) is 32.4 Å². The Balaban J connectivity index is 1.59. The van der Waals surface area contributed by atoms with Crippen LogP contribution in [0.3, 0.4) is 0 Å². The number of likely N-dealkylation sites (tertiary alicyclic amines) is 1. The molecule has 6 nitrogen and oxygen atoms in total. The van der Waals surface area contributed by atoms with Crippen molar-refractivity contribution in [2.24, 2.45) is 0 Å². The largest absolute Gasteiger partial charge is 0.481 e. The minimum atomic E-state index is -0.614. The molecule has 3 aromatic rings. The lowest BCUT2D eigenvalue weighted by Gasteiger charge is -2.23. The molecule has 2 heterocycles. The van der Waals surface area contributed by atoms with Crippen LogP contribution in [0, 0.1) is 6.92 Å². The predicted octanol–water partition coefficient (Wildman–Crippen LogP) is 3.43. The fraction of sp³-hybridized carbons (Fsp3) is 0.360. The van der Waals surface area contributed by atoms with E-state index in [2.05, 4.69) is 22.9 Å². The highest BCUT2D eigenvalue weighted by molar-refractivity contribution is 5.97. The molecule has 0 radical (unpaired) electrons. The molecule has 0 saturated carbocycles. The first-order chi connectivity index (χ1) is 14.8. The lowest BCUT2D eigenvalue weighted by atomic mass is 9.97. The molecule has 1 amide bonds. The summed E-state index contributed by atoms with van der Waals surface area (Å²) in [5.74, 6) is 0.496. The van der Waals surface area contributed by atoms with Crippen LogP contribution >= 0.6 is 0 Å². The zero-order valence-electron chi connectivity index (χ0n) is 18.5. The molecule has 2 aromatic carbocycles.